The standard InChI is InChI=1S/C19H23NO2/c1-20-14-12-19(13-15-20,16-6-4-3-5-7-16)22-18-10-8-17(21-2)9-11-18/h3-11H,12-15H2,1-2H3. The summed E-state index contributed by atoms with van der Waals surface area (Å²) >= 11 is 0. The van der Waals surface area contributed by atoms with E-state index in [2.05, 4.69) is 42.3 Å². The molecular formula is C19H23NO2. The molecule has 3 rings (SSSR count). The molecule has 22 heavy (non-hydrogen) atoms. The minimum absolute atomic E-state index is 0.234. The maximum Gasteiger partial charge on any atom is 0.136 e. The minimum Gasteiger partial charge on any atom is -0.497 e. The third-order valence-corrected chi connectivity index (χ3v) is 4.47. The van der Waals surface area contributed by atoms with Crippen molar-refractivity contribution in [1.29, 1.82) is 0 Å². The number of piperidine rings is 1. The van der Waals surface area contributed by atoms with Crippen molar-refractivity contribution in [3.63, 3.8) is 0 Å². The van der Waals surface area contributed by atoms with Gasteiger partial charge in [-0.25, -0.2) is 0 Å². The number of hydrogen-bond donors (Lipinski definition) is 0. The highest BCUT2D eigenvalue weighted by atomic mass is 16.5. The van der Waals surface area contributed by atoms with Crippen molar-refractivity contribution in [2.45, 2.75) is 18.4 Å². The monoisotopic (exact) mass is 297 g/mol. The first kappa shape index (κ1) is 14.9. The summed E-state index contributed by atoms with van der Waals surface area (Å²) in [6.45, 7) is 2.09. The molecule has 2 aromatic carbocycles. The lowest BCUT2D eigenvalue weighted by Gasteiger charge is -2.41. The number of rotatable bonds is 4. The van der Waals surface area contributed by atoms with E-state index in [1.807, 2.05) is 24.3 Å². The maximum atomic E-state index is 6.49. The first-order valence-corrected chi connectivity index (χ1v) is 7.79. The van der Waals surface area contributed by atoms with Crippen LogP contribution >= 0.6 is 0 Å². The lowest BCUT2D eigenvalue weighted by atomic mass is 9.84. The molecule has 0 aromatic heterocycles. The van der Waals surface area contributed by atoms with E-state index in [4.69, 9.17) is 9.47 Å². The van der Waals surface area contributed by atoms with Crippen molar-refractivity contribution in [2.75, 3.05) is 27.2 Å². The molecule has 0 amide bonds. The number of likely N-dealkylation sites (tertiary alicyclic amines) is 1. The Balaban J connectivity index is 1.88. The summed E-state index contributed by atoms with van der Waals surface area (Å²) in [7, 11) is 3.85. The van der Waals surface area contributed by atoms with Crippen molar-refractivity contribution in [3.8, 4) is 11.5 Å². The van der Waals surface area contributed by atoms with Gasteiger partial charge in [-0.3, -0.25) is 0 Å². The Kier molecular flexibility index (Phi) is 4.34. The summed E-state index contributed by atoms with van der Waals surface area (Å²) in [4.78, 5) is 2.36. The zero-order valence-corrected chi connectivity index (χ0v) is 13.3. The summed E-state index contributed by atoms with van der Waals surface area (Å²) in [5.74, 6) is 1.75. The number of nitrogens with zero attached hydrogens (tertiary/aromatic N) is 1. The van der Waals surface area contributed by atoms with Gasteiger partial charge in [-0.2, -0.15) is 0 Å². The zero-order valence-electron chi connectivity index (χ0n) is 13.3. The second kappa shape index (κ2) is 6.41. The number of hydrogen-bond acceptors (Lipinski definition) is 3. The average Bonchev–Trinajstić information content (AvgIpc) is 2.59. The van der Waals surface area contributed by atoms with Crippen molar-refractivity contribution in [1.82, 2.24) is 4.90 Å². The molecular weight excluding hydrogens is 274 g/mol. The van der Waals surface area contributed by atoms with Gasteiger partial charge in [0.15, 0.2) is 0 Å². The summed E-state index contributed by atoms with van der Waals surface area (Å²) in [6.07, 6.45) is 2.00. The molecule has 1 fully saturated rings. The predicted molar refractivity (Wildman–Crippen MR) is 88.5 cm³/mol. The van der Waals surface area contributed by atoms with Crippen LogP contribution in [0.25, 0.3) is 0 Å². The van der Waals surface area contributed by atoms with Gasteiger partial charge in [0, 0.05) is 25.9 Å². The molecule has 3 nitrogen and oxygen atoms in total. The molecule has 1 aliphatic rings. The van der Waals surface area contributed by atoms with Gasteiger partial charge in [-0.1, -0.05) is 30.3 Å². The van der Waals surface area contributed by atoms with Crippen LogP contribution in [0.15, 0.2) is 54.6 Å². The van der Waals surface area contributed by atoms with Gasteiger partial charge < -0.3 is 14.4 Å². The van der Waals surface area contributed by atoms with E-state index in [0.29, 0.717) is 0 Å². The summed E-state index contributed by atoms with van der Waals surface area (Å²) in [5.41, 5.74) is 1.03. The van der Waals surface area contributed by atoms with Gasteiger partial charge >= 0.3 is 0 Å². The Labute approximate surface area is 132 Å². The third-order valence-electron chi connectivity index (χ3n) is 4.47. The molecule has 1 heterocycles. The largest absolute Gasteiger partial charge is 0.497 e. The fourth-order valence-electron chi connectivity index (χ4n) is 3.04. The van der Waals surface area contributed by atoms with E-state index in [9.17, 15) is 0 Å². The van der Waals surface area contributed by atoms with E-state index in [-0.39, 0.29) is 5.60 Å². The third kappa shape index (κ3) is 3.09. The van der Waals surface area contributed by atoms with Crippen molar-refractivity contribution in [3.05, 3.63) is 60.2 Å². The highest BCUT2D eigenvalue weighted by molar-refractivity contribution is 5.33. The van der Waals surface area contributed by atoms with Crippen LogP contribution in [0.2, 0.25) is 0 Å². The summed E-state index contributed by atoms with van der Waals surface area (Å²) < 4.78 is 11.7. The van der Waals surface area contributed by atoms with E-state index in [1.165, 1.54) is 5.56 Å². The Hall–Kier alpha value is -2.00. The van der Waals surface area contributed by atoms with E-state index < -0.39 is 0 Å². The first-order chi connectivity index (χ1) is 10.7. The predicted octanol–water partition coefficient (Wildman–Crippen LogP) is 3.70. The molecule has 116 valence electrons. The molecule has 1 saturated heterocycles. The van der Waals surface area contributed by atoms with E-state index in [0.717, 1.165) is 37.4 Å². The lowest BCUT2D eigenvalue weighted by Crippen LogP contribution is -2.44. The minimum atomic E-state index is -0.234. The van der Waals surface area contributed by atoms with Gasteiger partial charge in [-0.05, 0) is 36.9 Å². The topological polar surface area (TPSA) is 21.7 Å². The molecule has 0 bridgehead atoms. The number of benzene rings is 2. The number of methoxy groups -OCH3 is 1. The van der Waals surface area contributed by atoms with Crippen LogP contribution in [0.3, 0.4) is 0 Å². The van der Waals surface area contributed by atoms with Crippen molar-refractivity contribution in [2.24, 2.45) is 0 Å². The quantitative estimate of drug-likeness (QED) is 0.859. The highest BCUT2D eigenvalue weighted by Gasteiger charge is 2.37. The van der Waals surface area contributed by atoms with Crippen molar-refractivity contribution >= 4 is 0 Å². The van der Waals surface area contributed by atoms with E-state index in [1.54, 1.807) is 7.11 Å². The Morgan fingerprint density at radius 2 is 1.45 bits per heavy atom. The Morgan fingerprint density at radius 3 is 2.05 bits per heavy atom. The Morgan fingerprint density at radius 1 is 0.864 bits per heavy atom. The lowest BCUT2D eigenvalue weighted by molar-refractivity contribution is 0.00371. The van der Waals surface area contributed by atoms with Crippen molar-refractivity contribution < 1.29 is 9.47 Å². The van der Waals surface area contributed by atoms with Gasteiger partial charge in [-0.15, -0.1) is 0 Å². The van der Waals surface area contributed by atoms with Crippen LogP contribution < -0.4 is 9.47 Å². The first-order valence-electron chi connectivity index (χ1n) is 7.79. The van der Waals surface area contributed by atoms with Crippen LogP contribution in [0.4, 0.5) is 0 Å². The van der Waals surface area contributed by atoms with Gasteiger partial charge in [0.05, 0.1) is 7.11 Å². The summed E-state index contributed by atoms with van der Waals surface area (Å²) in [5, 5.41) is 0. The fraction of sp³-hybridized carbons (Fsp3) is 0.368. The average molecular weight is 297 g/mol. The molecule has 0 atom stereocenters. The molecule has 0 unspecified atom stereocenters. The second-order valence-corrected chi connectivity index (χ2v) is 5.94. The molecule has 0 spiro atoms. The molecule has 1 aliphatic heterocycles. The SMILES string of the molecule is COc1ccc(OC2(c3ccccc3)CCN(C)CC2)cc1. The fourth-order valence-corrected chi connectivity index (χ4v) is 3.04. The van der Waals surface area contributed by atoms with Crippen LogP contribution in [0.5, 0.6) is 11.5 Å². The molecule has 0 saturated carbocycles. The molecule has 0 radical (unpaired) electrons. The van der Waals surface area contributed by atoms with Gasteiger partial charge in [0.25, 0.3) is 0 Å². The van der Waals surface area contributed by atoms with E-state index >= 15 is 0 Å². The maximum absolute atomic E-state index is 6.49. The normalized spacial score (nSPS) is 17.9. The highest BCUT2D eigenvalue weighted by Crippen LogP contribution is 2.37. The summed E-state index contributed by atoms with van der Waals surface area (Å²) in [6, 6.07) is 18.5. The van der Waals surface area contributed by atoms with Crippen LogP contribution in [-0.4, -0.2) is 32.1 Å². The van der Waals surface area contributed by atoms with Gasteiger partial charge in [0.2, 0.25) is 0 Å². The van der Waals surface area contributed by atoms with Crippen LogP contribution in [0, 0.1) is 0 Å². The number of ether oxygens (including phenoxy) is 2. The molecule has 0 aliphatic carbocycles. The molecule has 2 aromatic rings. The Bertz CT molecular complexity index is 587. The molecule has 3 heteroatoms. The zero-order chi connectivity index (χ0) is 15.4. The smallest absolute Gasteiger partial charge is 0.136 e. The van der Waals surface area contributed by atoms with Crippen LogP contribution in [0.1, 0.15) is 18.4 Å². The van der Waals surface area contributed by atoms with Crippen LogP contribution in [-0.2, 0) is 5.60 Å². The van der Waals surface area contributed by atoms with Gasteiger partial charge in [0.1, 0.15) is 17.1 Å². The second-order valence-electron chi connectivity index (χ2n) is 5.94. The molecule has 0 N–H and O–H groups in total.